The van der Waals surface area contributed by atoms with Gasteiger partial charge in [-0.1, -0.05) is 107 Å². The molecule has 7 aromatic rings. The van der Waals surface area contributed by atoms with E-state index >= 15 is 0 Å². The van der Waals surface area contributed by atoms with E-state index < -0.39 is 0 Å². The summed E-state index contributed by atoms with van der Waals surface area (Å²) in [6, 6.07) is 41.0. The summed E-state index contributed by atoms with van der Waals surface area (Å²) < 4.78 is 2.15. The van der Waals surface area contributed by atoms with E-state index in [1.54, 1.807) is 6.07 Å². The van der Waals surface area contributed by atoms with Gasteiger partial charge in [-0.3, -0.25) is 9.55 Å². The molecule has 5 aromatic carbocycles. The number of rotatable bonds is 4. The van der Waals surface area contributed by atoms with Crippen LogP contribution in [0.3, 0.4) is 0 Å². The molecular formula is C42H38N3OPt-. The van der Waals surface area contributed by atoms with Gasteiger partial charge in [0, 0.05) is 38.5 Å². The fourth-order valence-corrected chi connectivity index (χ4v) is 6.15. The van der Waals surface area contributed by atoms with Gasteiger partial charge < -0.3 is 5.11 Å². The number of phenols is 1. The normalized spacial score (nSPS) is 12.0. The van der Waals surface area contributed by atoms with E-state index in [4.69, 9.17) is 9.97 Å². The number of hydrogen-bond donors (Lipinski definition) is 1. The molecular weight excluding hydrogens is 758 g/mol. The second kappa shape index (κ2) is 12.2. The molecule has 0 fully saturated rings. The Hall–Kier alpha value is -4.53. The molecule has 1 N–H and O–H groups in total. The monoisotopic (exact) mass is 795 g/mol. The van der Waals surface area contributed by atoms with Crippen LogP contribution >= 0.6 is 0 Å². The molecule has 47 heavy (non-hydrogen) atoms. The van der Waals surface area contributed by atoms with E-state index in [9.17, 15) is 5.11 Å². The van der Waals surface area contributed by atoms with Gasteiger partial charge in [-0.05, 0) is 63.7 Å². The smallest absolute Gasteiger partial charge is 0.148 e. The molecule has 0 radical (unpaired) electrons. The Kier molecular flexibility index (Phi) is 8.44. The van der Waals surface area contributed by atoms with Crippen LogP contribution in [0.4, 0.5) is 0 Å². The van der Waals surface area contributed by atoms with Crippen LogP contribution in [0.1, 0.15) is 52.7 Å². The van der Waals surface area contributed by atoms with Crippen LogP contribution in [-0.4, -0.2) is 19.6 Å². The molecule has 0 spiro atoms. The summed E-state index contributed by atoms with van der Waals surface area (Å²) in [5, 5.41) is 12.1. The fourth-order valence-electron chi connectivity index (χ4n) is 6.15. The molecule has 0 aliphatic heterocycles. The molecule has 0 atom stereocenters. The summed E-state index contributed by atoms with van der Waals surface area (Å²) in [7, 11) is 0. The standard InChI is InChI=1S/C42H38N3O.Pt/c1-41(2,3)30-19-21-32(22-20-30)45-36-17-10-16-33(39(36)44-40(45)34-15-7-8-18-37(34)46)27-12-9-13-28(24-27)35-26-31(42(4,5)6)25-29-14-11-23-43-38(29)35;/h7-23,25-26,46H,1-6H3;/q-1;. The summed E-state index contributed by atoms with van der Waals surface area (Å²) in [6.07, 6.45) is 1.86. The first-order valence-electron chi connectivity index (χ1n) is 15.8. The molecule has 5 heteroatoms. The molecule has 238 valence electrons. The Labute approximate surface area is 291 Å². The maximum Gasteiger partial charge on any atom is 0.148 e. The Morgan fingerprint density at radius 1 is 0.617 bits per heavy atom. The summed E-state index contributed by atoms with van der Waals surface area (Å²) in [5.74, 6) is 0.881. The van der Waals surface area contributed by atoms with E-state index in [0.29, 0.717) is 11.4 Å². The predicted molar refractivity (Wildman–Crippen MR) is 191 cm³/mol. The van der Waals surface area contributed by atoms with Crippen molar-refractivity contribution in [1.82, 2.24) is 14.5 Å². The van der Waals surface area contributed by atoms with E-state index in [-0.39, 0.29) is 37.6 Å². The van der Waals surface area contributed by atoms with E-state index in [0.717, 1.165) is 49.9 Å². The van der Waals surface area contributed by atoms with E-state index in [2.05, 4.69) is 131 Å². The van der Waals surface area contributed by atoms with Crippen LogP contribution in [0.25, 0.3) is 61.3 Å². The maximum atomic E-state index is 11.0. The minimum Gasteiger partial charge on any atom is -0.507 e. The van der Waals surface area contributed by atoms with E-state index in [1.165, 1.54) is 11.1 Å². The number of nitrogens with zero attached hydrogens (tertiary/aromatic N) is 3. The topological polar surface area (TPSA) is 50.9 Å². The molecule has 7 rings (SSSR count). The molecule has 0 aliphatic carbocycles. The number of benzene rings is 5. The van der Waals surface area contributed by atoms with Gasteiger partial charge in [0.05, 0.1) is 16.6 Å². The Morgan fingerprint density at radius 3 is 1.98 bits per heavy atom. The van der Waals surface area contributed by atoms with Gasteiger partial charge in [0.1, 0.15) is 11.6 Å². The molecule has 0 bridgehead atoms. The molecule has 0 saturated heterocycles. The van der Waals surface area contributed by atoms with Crippen molar-refractivity contribution in [2.45, 2.75) is 52.4 Å². The third-order valence-electron chi connectivity index (χ3n) is 8.77. The van der Waals surface area contributed by atoms with Gasteiger partial charge >= 0.3 is 0 Å². The molecule has 0 aliphatic rings. The van der Waals surface area contributed by atoms with Crippen molar-refractivity contribution < 1.29 is 26.2 Å². The summed E-state index contributed by atoms with van der Waals surface area (Å²) >= 11 is 0. The Balaban J connectivity index is 0.00000386. The average Bonchev–Trinajstić information content (AvgIpc) is 3.43. The van der Waals surface area contributed by atoms with Crippen LogP contribution in [-0.2, 0) is 31.9 Å². The van der Waals surface area contributed by atoms with Crippen molar-refractivity contribution >= 4 is 21.9 Å². The van der Waals surface area contributed by atoms with Crippen LogP contribution in [0.2, 0.25) is 0 Å². The molecule has 0 amide bonds. The molecule has 0 unspecified atom stereocenters. The summed E-state index contributed by atoms with van der Waals surface area (Å²) in [4.78, 5) is 10.0. The Morgan fingerprint density at radius 2 is 1.28 bits per heavy atom. The number of hydrogen-bond acceptors (Lipinski definition) is 3. The number of aromatic nitrogens is 3. The van der Waals surface area contributed by atoms with Gasteiger partial charge in [-0.2, -0.15) is 0 Å². The number of fused-ring (bicyclic) bond motifs is 2. The maximum absolute atomic E-state index is 11.0. The molecule has 2 heterocycles. The zero-order valence-corrected chi connectivity index (χ0v) is 29.8. The predicted octanol–water partition coefficient (Wildman–Crippen LogP) is 10.7. The fraction of sp³-hybridized carbons (Fsp3) is 0.190. The van der Waals surface area contributed by atoms with Crippen molar-refractivity contribution in [3.05, 3.63) is 133 Å². The minimum atomic E-state index is -0.0146. The van der Waals surface area contributed by atoms with E-state index in [1.807, 2.05) is 30.5 Å². The van der Waals surface area contributed by atoms with Crippen molar-refractivity contribution in [3.63, 3.8) is 0 Å². The molecule has 4 nitrogen and oxygen atoms in total. The molecule has 2 aromatic heterocycles. The first kappa shape index (κ1) is 32.4. The van der Waals surface area contributed by atoms with Crippen LogP contribution < -0.4 is 0 Å². The van der Waals surface area contributed by atoms with Crippen LogP contribution in [0.15, 0.2) is 115 Å². The first-order chi connectivity index (χ1) is 22.0. The van der Waals surface area contributed by atoms with Gasteiger partial charge in [-0.15, -0.1) is 35.4 Å². The first-order valence-corrected chi connectivity index (χ1v) is 15.8. The van der Waals surface area contributed by atoms with Gasteiger partial charge in [-0.25, -0.2) is 4.98 Å². The molecule has 0 saturated carbocycles. The van der Waals surface area contributed by atoms with Crippen molar-refractivity contribution in [2.75, 3.05) is 0 Å². The van der Waals surface area contributed by atoms with Crippen LogP contribution in [0, 0.1) is 6.07 Å². The number of pyridine rings is 1. The quantitative estimate of drug-likeness (QED) is 0.181. The second-order valence-corrected chi connectivity index (χ2v) is 14.1. The number of phenolic OH excluding ortho intramolecular Hbond substituents is 1. The van der Waals surface area contributed by atoms with Crippen molar-refractivity contribution in [2.24, 2.45) is 0 Å². The zero-order valence-electron chi connectivity index (χ0n) is 27.6. The van der Waals surface area contributed by atoms with Crippen molar-refractivity contribution in [1.29, 1.82) is 0 Å². The average molecular weight is 796 g/mol. The third-order valence-corrected chi connectivity index (χ3v) is 8.77. The number of para-hydroxylation sites is 2. The van der Waals surface area contributed by atoms with Crippen LogP contribution in [0.5, 0.6) is 5.75 Å². The van der Waals surface area contributed by atoms with Gasteiger partial charge in [0.25, 0.3) is 0 Å². The SMILES string of the molecule is CC(C)(C)c1ccc(-n2c(-c3ccccc3O)nc3c(-c4[c-]c(-c5cc(C(C)(C)C)cc6cccnc56)ccc4)cccc32)cc1.[Pt]. The zero-order chi connectivity index (χ0) is 32.2. The van der Waals surface area contributed by atoms with Crippen molar-refractivity contribution in [3.8, 4) is 45.1 Å². The second-order valence-electron chi connectivity index (χ2n) is 14.1. The minimum absolute atomic E-state index is 0. The summed E-state index contributed by atoms with van der Waals surface area (Å²) in [6.45, 7) is 13.4. The van der Waals surface area contributed by atoms with Gasteiger partial charge in [0.15, 0.2) is 0 Å². The Bertz CT molecular complexity index is 2230. The van der Waals surface area contributed by atoms with Gasteiger partial charge in [0.2, 0.25) is 0 Å². The third kappa shape index (κ3) is 6.03. The number of imidazole rings is 1. The summed E-state index contributed by atoms with van der Waals surface area (Å²) in [5.41, 5.74) is 11.0. The largest absolute Gasteiger partial charge is 0.507 e. The number of aromatic hydroxyl groups is 1.